The van der Waals surface area contributed by atoms with E-state index in [-0.39, 0.29) is 5.82 Å². The first-order chi connectivity index (χ1) is 6.74. The first-order valence-electron chi connectivity index (χ1n) is 4.76. The van der Waals surface area contributed by atoms with Crippen LogP contribution in [0.3, 0.4) is 0 Å². The molecule has 74 valence electrons. The molecule has 0 atom stereocenters. The molecule has 0 fully saturated rings. The fourth-order valence-electron chi connectivity index (χ4n) is 1.94. The van der Waals surface area contributed by atoms with E-state index in [9.17, 15) is 4.39 Å². The molecule has 0 saturated carbocycles. The SMILES string of the molecule is COc1ccc2c(c1F)C(C)=CCC2. The van der Waals surface area contributed by atoms with Crippen LogP contribution in [0.15, 0.2) is 18.2 Å². The Labute approximate surface area is 83.2 Å². The van der Waals surface area contributed by atoms with Gasteiger partial charge in [0.1, 0.15) is 0 Å². The molecule has 2 heteroatoms. The van der Waals surface area contributed by atoms with Crippen LogP contribution in [0.25, 0.3) is 5.57 Å². The zero-order valence-corrected chi connectivity index (χ0v) is 8.43. The van der Waals surface area contributed by atoms with Gasteiger partial charge in [0.2, 0.25) is 0 Å². The minimum atomic E-state index is -0.224. The zero-order chi connectivity index (χ0) is 10.1. The lowest BCUT2D eigenvalue weighted by molar-refractivity contribution is 0.385. The Morgan fingerprint density at radius 2 is 2.14 bits per heavy atom. The van der Waals surface area contributed by atoms with Gasteiger partial charge >= 0.3 is 0 Å². The molecule has 0 radical (unpaired) electrons. The summed E-state index contributed by atoms with van der Waals surface area (Å²) >= 11 is 0. The lowest BCUT2D eigenvalue weighted by Gasteiger charge is -2.17. The Morgan fingerprint density at radius 3 is 2.86 bits per heavy atom. The second-order valence-electron chi connectivity index (χ2n) is 3.54. The van der Waals surface area contributed by atoms with Gasteiger partial charge in [0.25, 0.3) is 0 Å². The van der Waals surface area contributed by atoms with E-state index in [1.165, 1.54) is 7.11 Å². The molecular formula is C12H13FO. The third kappa shape index (κ3) is 1.31. The average Bonchev–Trinajstić information content (AvgIpc) is 2.18. The van der Waals surface area contributed by atoms with Crippen molar-refractivity contribution in [2.75, 3.05) is 7.11 Å². The highest BCUT2D eigenvalue weighted by Crippen LogP contribution is 2.32. The number of fused-ring (bicyclic) bond motifs is 1. The van der Waals surface area contributed by atoms with Crippen molar-refractivity contribution in [2.24, 2.45) is 0 Å². The van der Waals surface area contributed by atoms with Gasteiger partial charge < -0.3 is 4.74 Å². The Kier molecular flexibility index (Phi) is 2.28. The highest BCUT2D eigenvalue weighted by atomic mass is 19.1. The van der Waals surface area contributed by atoms with Crippen LogP contribution in [0.4, 0.5) is 4.39 Å². The van der Waals surface area contributed by atoms with Gasteiger partial charge in [-0.2, -0.15) is 0 Å². The molecular weight excluding hydrogens is 179 g/mol. The number of aryl methyl sites for hydroxylation is 1. The van der Waals surface area contributed by atoms with Crippen LogP contribution in [0, 0.1) is 5.82 Å². The normalized spacial score (nSPS) is 14.6. The van der Waals surface area contributed by atoms with E-state index in [1.807, 2.05) is 13.0 Å². The van der Waals surface area contributed by atoms with Crippen molar-refractivity contribution in [1.82, 2.24) is 0 Å². The topological polar surface area (TPSA) is 9.23 Å². The summed E-state index contributed by atoms with van der Waals surface area (Å²) in [6.07, 6.45) is 4.00. The Balaban J connectivity index is 2.62. The van der Waals surface area contributed by atoms with Crippen LogP contribution >= 0.6 is 0 Å². The maximum absolute atomic E-state index is 13.8. The first kappa shape index (κ1) is 9.25. The molecule has 1 aromatic rings. The van der Waals surface area contributed by atoms with Crippen molar-refractivity contribution >= 4 is 5.57 Å². The fraction of sp³-hybridized carbons (Fsp3) is 0.333. The van der Waals surface area contributed by atoms with E-state index in [4.69, 9.17) is 4.74 Å². The van der Waals surface area contributed by atoms with E-state index in [2.05, 4.69) is 6.08 Å². The van der Waals surface area contributed by atoms with Crippen LogP contribution in [-0.4, -0.2) is 7.11 Å². The maximum Gasteiger partial charge on any atom is 0.172 e. The molecule has 0 saturated heterocycles. The summed E-state index contributed by atoms with van der Waals surface area (Å²) < 4.78 is 18.8. The lowest BCUT2D eigenvalue weighted by atomic mass is 9.91. The van der Waals surface area contributed by atoms with E-state index in [1.54, 1.807) is 6.07 Å². The average molecular weight is 192 g/mol. The highest BCUT2D eigenvalue weighted by molar-refractivity contribution is 5.70. The minimum Gasteiger partial charge on any atom is -0.494 e. The summed E-state index contributed by atoms with van der Waals surface area (Å²) in [6, 6.07) is 3.65. The number of rotatable bonds is 1. The van der Waals surface area contributed by atoms with Gasteiger partial charge in [-0.3, -0.25) is 0 Å². The molecule has 0 heterocycles. The molecule has 1 nitrogen and oxygen atoms in total. The molecule has 0 amide bonds. The van der Waals surface area contributed by atoms with Gasteiger partial charge in [-0.1, -0.05) is 12.1 Å². The van der Waals surface area contributed by atoms with Crippen LogP contribution in [0.5, 0.6) is 5.75 Å². The largest absolute Gasteiger partial charge is 0.494 e. The molecule has 0 unspecified atom stereocenters. The lowest BCUT2D eigenvalue weighted by Crippen LogP contribution is -2.02. The molecule has 14 heavy (non-hydrogen) atoms. The molecule has 0 aromatic heterocycles. The smallest absolute Gasteiger partial charge is 0.172 e. The van der Waals surface area contributed by atoms with E-state index < -0.39 is 0 Å². The Hall–Kier alpha value is -1.31. The second kappa shape index (κ2) is 3.45. The summed E-state index contributed by atoms with van der Waals surface area (Å²) in [5.41, 5.74) is 2.83. The highest BCUT2D eigenvalue weighted by Gasteiger charge is 2.17. The molecule has 1 aliphatic carbocycles. The van der Waals surface area contributed by atoms with Gasteiger partial charge in [-0.25, -0.2) is 4.39 Å². The molecule has 0 spiro atoms. The van der Waals surface area contributed by atoms with Crippen LogP contribution < -0.4 is 4.74 Å². The number of allylic oxidation sites excluding steroid dienone is 2. The van der Waals surface area contributed by atoms with Crippen LogP contribution in [-0.2, 0) is 6.42 Å². The summed E-state index contributed by atoms with van der Waals surface area (Å²) in [6.45, 7) is 1.94. The maximum atomic E-state index is 13.8. The summed E-state index contributed by atoms with van der Waals surface area (Å²) in [5, 5.41) is 0. The van der Waals surface area contributed by atoms with Crippen molar-refractivity contribution < 1.29 is 9.13 Å². The number of halogens is 1. The van der Waals surface area contributed by atoms with Gasteiger partial charge in [-0.05, 0) is 37.0 Å². The van der Waals surface area contributed by atoms with Crippen molar-refractivity contribution in [1.29, 1.82) is 0 Å². The van der Waals surface area contributed by atoms with E-state index >= 15 is 0 Å². The van der Waals surface area contributed by atoms with Gasteiger partial charge in [0, 0.05) is 5.56 Å². The van der Waals surface area contributed by atoms with E-state index in [0.717, 1.165) is 29.5 Å². The quantitative estimate of drug-likeness (QED) is 0.664. The number of ether oxygens (including phenoxy) is 1. The Bertz CT molecular complexity index is 394. The van der Waals surface area contributed by atoms with Crippen LogP contribution in [0.1, 0.15) is 24.5 Å². The number of methoxy groups -OCH3 is 1. The summed E-state index contributed by atoms with van der Waals surface area (Å²) in [5.74, 6) is 0.108. The molecule has 0 N–H and O–H groups in total. The fourth-order valence-corrected chi connectivity index (χ4v) is 1.94. The van der Waals surface area contributed by atoms with Crippen molar-refractivity contribution in [3.63, 3.8) is 0 Å². The standard InChI is InChI=1S/C12H13FO/c1-8-4-3-5-9-6-7-10(14-2)12(13)11(8)9/h4,6-7H,3,5H2,1-2H3. The molecule has 0 bridgehead atoms. The van der Waals surface area contributed by atoms with Gasteiger partial charge in [0.15, 0.2) is 11.6 Å². The summed E-state index contributed by atoms with van der Waals surface area (Å²) in [7, 11) is 1.49. The third-order valence-corrected chi connectivity index (χ3v) is 2.67. The minimum absolute atomic E-state index is 0.224. The van der Waals surface area contributed by atoms with Crippen molar-refractivity contribution in [3.8, 4) is 5.75 Å². The summed E-state index contributed by atoms with van der Waals surface area (Å²) in [4.78, 5) is 0. The molecule has 1 aliphatic rings. The van der Waals surface area contributed by atoms with Crippen molar-refractivity contribution in [2.45, 2.75) is 19.8 Å². The second-order valence-corrected chi connectivity index (χ2v) is 3.54. The number of hydrogen-bond donors (Lipinski definition) is 0. The molecule has 1 aromatic carbocycles. The van der Waals surface area contributed by atoms with Crippen LogP contribution in [0.2, 0.25) is 0 Å². The van der Waals surface area contributed by atoms with Gasteiger partial charge in [0.05, 0.1) is 7.11 Å². The van der Waals surface area contributed by atoms with Gasteiger partial charge in [-0.15, -0.1) is 0 Å². The predicted octanol–water partition coefficient (Wildman–Crippen LogP) is 3.18. The number of hydrogen-bond acceptors (Lipinski definition) is 1. The molecule has 0 aliphatic heterocycles. The van der Waals surface area contributed by atoms with Crippen molar-refractivity contribution in [3.05, 3.63) is 35.2 Å². The predicted molar refractivity (Wildman–Crippen MR) is 54.9 cm³/mol. The first-order valence-corrected chi connectivity index (χ1v) is 4.76. The van der Waals surface area contributed by atoms with E-state index in [0.29, 0.717) is 5.75 Å². The zero-order valence-electron chi connectivity index (χ0n) is 8.43. The Morgan fingerprint density at radius 1 is 1.36 bits per heavy atom. The monoisotopic (exact) mass is 192 g/mol. The third-order valence-electron chi connectivity index (χ3n) is 2.67. The number of benzene rings is 1. The molecule has 2 rings (SSSR count).